The van der Waals surface area contributed by atoms with E-state index in [1.165, 1.54) is 24.3 Å². The summed E-state index contributed by atoms with van der Waals surface area (Å²) in [6, 6.07) is 10.3. The van der Waals surface area contributed by atoms with E-state index in [0.29, 0.717) is 87.6 Å². The average Bonchev–Trinajstić information content (AvgIpc) is 3.42. The zero-order valence-corrected chi connectivity index (χ0v) is 24.6. The van der Waals surface area contributed by atoms with Crippen molar-refractivity contribution in [2.24, 2.45) is 0 Å². The first-order valence-corrected chi connectivity index (χ1v) is 14.7. The Bertz CT molecular complexity index is 1280. The molecule has 4 N–H and O–H groups in total. The second kappa shape index (κ2) is 18.4. The van der Waals surface area contributed by atoms with E-state index in [0.717, 1.165) is 12.8 Å². The maximum absolute atomic E-state index is 13.0. The number of carbonyl (C=O) groups excluding carboxylic acids is 2. The van der Waals surface area contributed by atoms with Crippen LogP contribution in [0.25, 0.3) is 0 Å². The van der Waals surface area contributed by atoms with E-state index in [4.69, 9.17) is 19.4 Å². The molecule has 0 aromatic heterocycles. The number of ether oxygens (including phenoxy) is 2. The first kappa shape index (κ1) is 38.4. The number of nitrogens with zero attached hydrogens (tertiary/aromatic N) is 1. The Morgan fingerprint density at radius 2 is 1.57 bits per heavy atom. The van der Waals surface area contributed by atoms with Gasteiger partial charge in [-0.1, -0.05) is 26.3 Å². The summed E-state index contributed by atoms with van der Waals surface area (Å²) in [5.74, 6) is -2.06. The molecule has 256 valence electrons. The van der Waals surface area contributed by atoms with E-state index in [9.17, 15) is 37.4 Å². The number of amides is 1. The number of hydrogen-bond donors (Lipinski definition) is 4. The van der Waals surface area contributed by atoms with Gasteiger partial charge in [0, 0.05) is 38.0 Å². The first-order valence-electron chi connectivity index (χ1n) is 14.7. The average molecular weight is 659 g/mol. The highest BCUT2D eigenvalue weighted by atomic mass is 19.4. The second-order valence-corrected chi connectivity index (χ2v) is 10.9. The van der Waals surface area contributed by atoms with Gasteiger partial charge in [-0.05, 0) is 61.2 Å². The van der Waals surface area contributed by atoms with Crippen molar-refractivity contribution < 1.29 is 56.7 Å². The Balaban J connectivity index is 0.000000827. The summed E-state index contributed by atoms with van der Waals surface area (Å²) in [6.45, 7) is 2.56. The van der Waals surface area contributed by atoms with Gasteiger partial charge in [0.1, 0.15) is 25.1 Å². The lowest BCUT2D eigenvalue weighted by Crippen LogP contribution is -2.47. The highest BCUT2D eigenvalue weighted by Gasteiger charge is 2.38. The summed E-state index contributed by atoms with van der Waals surface area (Å²) in [5.41, 5.74) is 1.14. The fourth-order valence-corrected chi connectivity index (χ4v) is 4.94. The number of carboxylic acids is 1. The topological polar surface area (TPSA) is 146 Å². The number of Topliss-reactive ketones (excluding diaryl/α,β-unsaturated/α-hetero) is 1. The van der Waals surface area contributed by atoms with Crippen molar-refractivity contribution in [1.29, 1.82) is 0 Å². The highest BCUT2D eigenvalue weighted by Crippen LogP contribution is 2.33. The van der Waals surface area contributed by atoms with Gasteiger partial charge in [0.2, 0.25) is 5.91 Å². The third kappa shape index (κ3) is 12.6. The van der Waals surface area contributed by atoms with E-state index in [-0.39, 0.29) is 24.9 Å². The monoisotopic (exact) mass is 658 g/mol. The highest BCUT2D eigenvalue weighted by molar-refractivity contribution is 5.95. The molecule has 4 rings (SSSR count). The molecule has 14 heteroatoms. The van der Waals surface area contributed by atoms with E-state index in [2.05, 4.69) is 10.2 Å². The van der Waals surface area contributed by atoms with Crippen molar-refractivity contribution in [3.8, 4) is 11.5 Å². The lowest BCUT2D eigenvalue weighted by molar-refractivity contribution is -0.192. The van der Waals surface area contributed by atoms with Crippen LogP contribution in [-0.2, 0) is 9.59 Å². The molecule has 0 bridgehead atoms. The van der Waals surface area contributed by atoms with Crippen LogP contribution in [0.15, 0.2) is 42.5 Å². The van der Waals surface area contributed by atoms with Crippen molar-refractivity contribution in [3.63, 3.8) is 0 Å². The number of unbranched alkanes of at least 4 members (excludes halogenated alkanes) is 3. The number of aliphatic hydroxyl groups excluding tert-OH is 2. The zero-order chi connectivity index (χ0) is 33.0. The van der Waals surface area contributed by atoms with E-state index in [1.54, 1.807) is 18.2 Å². The predicted molar refractivity (Wildman–Crippen MR) is 160 cm³/mol. The fraction of sp³-hybridized carbons (Fsp3) is 0.531. The third-order valence-corrected chi connectivity index (χ3v) is 7.30. The normalized spacial score (nSPS) is 17.1. The Labute approximate surface area is 265 Å². The number of β-amino-alcohol motifs (C(OH)–C–C–N with tert-alkyl or cyclic N) is 1. The quantitative estimate of drug-likeness (QED) is 0.137. The molecule has 2 aliphatic heterocycles. The number of hydrogen-bond acceptors (Lipinski definition) is 8. The van der Waals surface area contributed by atoms with Crippen molar-refractivity contribution in [2.45, 2.75) is 76.8 Å². The second-order valence-electron chi connectivity index (χ2n) is 10.9. The largest absolute Gasteiger partial charge is 0.490 e. The molecule has 0 aliphatic carbocycles. The molecule has 10 nitrogen and oxygen atoms in total. The minimum Gasteiger partial charge on any atom is -0.486 e. The number of likely N-dealkylation sites (tertiary alicyclic amines) is 1. The van der Waals surface area contributed by atoms with Gasteiger partial charge in [-0.15, -0.1) is 0 Å². The molecular formula is C32H42F4N2O8. The Morgan fingerprint density at radius 3 is 2.15 bits per heavy atom. The maximum Gasteiger partial charge on any atom is 0.490 e. The number of alkyl halides is 3. The van der Waals surface area contributed by atoms with Crippen LogP contribution in [0.5, 0.6) is 11.5 Å². The minimum atomic E-state index is -5.08. The number of benzene rings is 2. The molecule has 0 unspecified atom stereocenters. The smallest absolute Gasteiger partial charge is 0.486 e. The summed E-state index contributed by atoms with van der Waals surface area (Å²) in [7, 11) is 0. The Kier molecular flexibility index (Phi) is 15.4. The van der Waals surface area contributed by atoms with Gasteiger partial charge in [0.25, 0.3) is 0 Å². The number of halogens is 4. The molecule has 2 aromatic carbocycles. The molecule has 2 aliphatic rings. The zero-order valence-electron chi connectivity index (χ0n) is 24.6. The molecule has 46 heavy (non-hydrogen) atoms. The number of nitrogens with one attached hydrogen (secondary N) is 1. The molecule has 0 saturated carbocycles. The van der Waals surface area contributed by atoms with Crippen LogP contribution in [0, 0.1) is 5.82 Å². The molecular weight excluding hydrogens is 616 g/mol. The predicted octanol–water partition coefficient (Wildman–Crippen LogP) is 4.67. The van der Waals surface area contributed by atoms with Crippen molar-refractivity contribution >= 4 is 17.7 Å². The van der Waals surface area contributed by atoms with Gasteiger partial charge in [-0.3, -0.25) is 14.5 Å². The number of ketones is 1. The van der Waals surface area contributed by atoms with Gasteiger partial charge >= 0.3 is 12.1 Å². The molecule has 0 radical (unpaired) electrons. The van der Waals surface area contributed by atoms with Crippen molar-refractivity contribution in [2.75, 3.05) is 32.8 Å². The first-order chi connectivity index (χ1) is 21.3. The molecule has 1 amide bonds. The number of carbonyl (C=O) groups is 3. The van der Waals surface area contributed by atoms with Gasteiger partial charge in [0.05, 0.1) is 12.1 Å². The molecule has 2 heterocycles. The number of rotatable bonds is 13. The SMILES string of the molecule is C.O=C(CCCCCCC(=O)c1ccc(F)cc1)N[C@H](CN1CC[C@H](O)C1)[C@H](O)c1ccc2c(c1)OCCO2.O=C(O)C(F)(F)F. The van der Waals surface area contributed by atoms with Gasteiger partial charge < -0.3 is 30.1 Å². The van der Waals surface area contributed by atoms with Crippen LogP contribution in [0.1, 0.15) is 74.4 Å². The number of aliphatic carboxylic acids is 1. The van der Waals surface area contributed by atoms with Gasteiger partial charge in [-0.25, -0.2) is 9.18 Å². The minimum absolute atomic E-state index is 0. The van der Waals surface area contributed by atoms with Crippen LogP contribution in [-0.4, -0.2) is 89.0 Å². The Morgan fingerprint density at radius 1 is 0.957 bits per heavy atom. The maximum atomic E-state index is 13.0. The van der Waals surface area contributed by atoms with Gasteiger partial charge in [0.15, 0.2) is 17.3 Å². The van der Waals surface area contributed by atoms with Gasteiger partial charge in [-0.2, -0.15) is 13.2 Å². The summed E-state index contributed by atoms with van der Waals surface area (Å²) < 4.78 is 56.0. The van der Waals surface area contributed by atoms with Crippen molar-refractivity contribution in [3.05, 3.63) is 59.4 Å². The molecule has 1 saturated heterocycles. The van der Waals surface area contributed by atoms with E-state index >= 15 is 0 Å². The van der Waals surface area contributed by atoms with Crippen LogP contribution in [0.3, 0.4) is 0 Å². The van der Waals surface area contributed by atoms with E-state index in [1.807, 2.05) is 0 Å². The van der Waals surface area contributed by atoms with Crippen LogP contribution < -0.4 is 14.8 Å². The Hall–Kier alpha value is -3.75. The standard InChI is InChI=1S/C29H37FN2O6.C2HF3O2.CH4/c30-22-10-7-20(8-11-22)25(34)5-3-1-2-4-6-28(35)31-24(19-32-14-13-23(33)18-32)29(36)21-9-12-26-27(17-21)38-16-15-37-26;3-2(4,5)1(6)7;/h7-12,17,23-24,29,33,36H,1-6,13-16,18-19H2,(H,31,35);(H,6,7);1H4/t23-,24+,29+;;/m0../s1. The van der Waals surface area contributed by atoms with Crippen LogP contribution in [0.4, 0.5) is 17.6 Å². The van der Waals surface area contributed by atoms with E-state index < -0.39 is 30.4 Å². The molecule has 0 spiro atoms. The summed E-state index contributed by atoms with van der Waals surface area (Å²) in [4.78, 5) is 35.9. The number of carboxylic acid groups (broad SMARTS) is 1. The number of aliphatic hydroxyl groups is 2. The lowest BCUT2D eigenvalue weighted by atomic mass is 10.00. The fourth-order valence-electron chi connectivity index (χ4n) is 4.94. The van der Waals surface area contributed by atoms with Crippen LogP contribution in [0.2, 0.25) is 0 Å². The summed E-state index contributed by atoms with van der Waals surface area (Å²) in [5, 5.41) is 31.3. The van der Waals surface area contributed by atoms with Crippen LogP contribution >= 0.6 is 0 Å². The molecule has 3 atom stereocenters. The van der Waals surface area contributed by atoms with Crippen molar-refractivity contribution in [1.82, 2.24) is 10.2 Å². The lowest BCUT2D eigenvalue weighted by Gasteiger charge is -2.29. The number of fused-ring (bicyclic) bond motifs is 1. The third-order valence-electron chi connectivity index (χ3n) is 7.30. The summed E-state index contributed by atoms with van der Waals surface area (Å²) in [6.07, 6.45) is -2.05. The molecule has 2 aromatic rings. The summed E-state index contributed by atoms with van der Waals surface area (Å²) >= 11 is 0. The molecule has 1 fully saturated rings.